The van der Waals surface area contributed by atoms with Crippen molar-refractivity contribution in [2.24, 2.45) is 11.7 Å². The van der Waals surface area contributed by atoms with Crippen molar-refractivity contribution in [3.8, 4) is 0 Å². The van der Waals surface area contributed by atoms with Gasteiger partial charge in [-0.05, 0) is 20.8 Å². The highest BCUT2D eigenvalue weighted by molar-refractivity contribution is 5.69. The first-order valence-corrected chi connectivity index (χ1v) is 7.01. The predicted octanol–water partition coefficient (Wildman–Crippen LogP) is 0.835. The number of rotatable bonds is 2. The minimum absolute atomic E-state index is 0.0265. The van der Waals surface area contributed by atoms with Crippen LogP contribution < -0.4 is 5.73 Å². The van der Waals surface area contributed by atoms with E-state index in [2.05, 4.69) is 0 Å². The van der Waals surface area contributed by atoms with Crippen LogP contribution >= 0.6 is 0 Å². The van der Waals surface area contributed by atoms with E-state index in [-0.39, 0.29) is 18.0 Å². The molecule has 1 aliphatic rings. The number of amides is 1. The molecule has 0 spiro atoms. The lowest BCUT2D eigenvalue weighted by Crippen LogP contribution is -2.36. The summed E-state index contributed by atoms with van der Waals surface area (Å²) in [6, 6.07) is 0. The van der Waals surface area contributed by atoms with Crippen LogP contribution in [0.1, 0.15) is 34.6 Å². The molecule has 1 amide bonds. The van der Waals surface area contributed by atoms with Crippen molar-refractivity contribution in [1.29, 1.82) is 0 Å². The molecule has 128 valence electrons. The molecule has 1 saturated heterocycles. The fourth-order valence-corrected chi connectivity index (χ4v) is 1.89. The number of likely N-dealkylation sites (tertiary alicyclic amines) is 1. The molecule has 0 aromatic carbocycles. The van der Waals surface area contributed by atoms with Crippen LogP contribution in [-0.2, 0) is 19.1 Å². The maximum atomic E-state index is 11.9. The van der Waals surface area contributed by atoms with Gasteiger partial charge in [0, 0.05) is 32.9 Å². The van der Waals surface area contributed by atoms with E-state index in [0.717, 1.165) is 6.92 Å². The molecule has 1 rings (SSSR count). The Bertz CT molecular complexity index is 401. The Morgan fingerprint density at radius 1 is 1.23 bits per heavy atom. The average Bonchev–Trinajstić information content (AvgIpc) is 2.68. The van der Waals surface area contributed by atoms with Gasteiger partial charge in [-0.3, -0.25) is 9.59 Å². The molecule has 0 aliphatic carbocycles. The van der Waals surface area contributed by atoms with Gasteiger partial charge in [0.15, 0.2) is 0 Å². The Balaban J connectivity index is 0.000000980. The SMILES string of the molecule is CC(=O)O.CC(=O)O[C@@H]1CN(C(=O)OC(C)(C)C)C[C@H]1CN. The van der Waals surface area contributed by atoms with Gasteiger partial charge in [-0.15, -0.1) is 0 Å². The molecule has 2 atom stereocenters. The van der Waals surface area contributed by atoms with Crippen LogP contribution in [0.3, 0.4) is 0 Å². The second-order valence-electron chi connectivity index (χ2n) is 6.05. The minimum Gasteiger partial charge on any atom is -0.481 e. The van der Waals surface area contributed by atoms with E-state index in [1.165, 1.54) is 11.8 Å². The van der Waals surface area contributed by atoms with Gasteiger partial charge in [0.2, 0.25) is 0 Å². The van der Waals surface area contributed by atoms with Gasteiger partial charge in [-0.1, -0.05) is 0 Å². The number of hydrogen-bond acceptors (Lipinski definition) is 6. The normalized spacial score (nSPS) is 20.7. The molecule has 0 bridgehead atoms. The van der Waals surface area contributed by atoms with Crippen LogP contribution in [0.25, 0.3) is 0 Å². The highest BCUT2D eigenvalue weighted by Gasteiger charge is 2.38. The Kier molecular flexibility index (Phi) is 7.86. The first-order chi connectivity index (χ1) is 9.96. The van der Waals surface area contributed by atoms with Crippen LogP contribution in [0.2, 0.25) is 0 Å². The molecular weight excluding hydrogens is 292 g/mol. The van der Waals surface area contributed by atoms with Crippen molar-refractivity contribution in [3.63, 3.8) is 0 Å². The second kappa shape index (κ2) is 8.57. The molecule has 0 aromatic heterocycles. The lowest BCUT2D eigenvalue weighted by atomic mass is 10.1. The summed E-state index contributed by atoms with van der Waals surface area (Å²) in [5.74, 6) is -1.22. The zero-order valence-corrected chi connectivity index (χ0v) is 13.8. The predicted molar refractivity (Wildman–Crippen MR) is 79.2 cm³/mol. The number of ether oxygens (including phenoxy) is 2. The molecular formula is C14H26N2O6. The number of carboxylic acids is 1. The molecule has 0 saturated carbocycles. The summed E-state index contributed by atoms with van der Waals surface area (Å²) in [6.07, 6.45) is -0.726. The zero-order valence-electron chi connectivity index (χ0n) is 13.8. The molecule has 8 nitrogen and oxygen atoms in total. The van der Waals surface area contributed by atoms with E-state index in [9.17, 15) is 9.59 Å². The number of carbonyl (C=O) groups is 3. The van der Waals surface area contributed by atoms with Gasteiger partial charge in [0.05, 0.1) is 6.54 Å². The van der Waals surface area contributed by atoms with Crippen molar-refractivity contribution >= 4 is 18.0 Å². The largest absolute Gasteiger partial charge is 0.481 e. The maximum Gasteiger partial charge on any atom is 0.410 e. The summed E-state index contributed by atoms with van der Waals surface area (Å²) in [7, 11) is 0. The summed E-state index contributed by atoms with van der Waals surface area (Å²) >= 11 is 0. The van der Waals surface area contributed by atoms with Gasteiger partial charge in [0.25, 0.3) is 5.97 Å². The van der Waals surface area contributed by atoms with Gasteiger partial charge in [-0.25, -0.2) is 4.79 Å². The second-order valence-corrected chi connectivity index (χ2v) is 6.05. The van der Waals surface area contributed by atoms with Gasteiger partial charge < -0.3 is 25.2 Å². The quantitative estimate of drug-likeness (QED) is 0.724. The minimum atomic E-state index is -0.833. The lowest BCUT2D eigenvalue weighted by Gasteiger charge is -2.24. The van der Waals surface area contributed by atoms with E-state index < -0.39 is 17.7 Å². The van der Waals surface area contributed by atoms with Gasteiger partial charge >= 0.3 is 12.1 Å². The Morgan fingerprint density at radius 2 is 1.73 bits per heavy atom. The monoisotopic (exact) mass is 318 g/mol. The summed E-state index contributed by atoms with van der Waals surface area (Å²) in [4.78, 5) is 33.4. The van der Waals surface area contributed by atoms with Crippen molar-refractivity contribution in [3.05, 3.63) is 0 Å². The highest BCUT2D eigenvalue weighted by Crippen LogP contribution is 2.21. The van der Waals surface area contributed by atoms with Crippen LogP contribution in [0.15, 0.2) is 0 Å². The molecule has 1 fully saturated rings. The van der Waals surface area contributed by atoms with Crippen LogP contribution in [0.5, 0.6) is 0 Å². The Labute approximate surface area is 130 Å². The molecule has 3 N–H and O–H groups in total. The number of carbonyl (C=O) groups excluding carboxylic acids is 2. The third kappa shape index (κ3) is 8.46. The topological polar surface area (TPSA) is 119 Å². The lowest BCUT2D eigenvalue weighted by molar-refractivity contribution is -0.147. The van der Waals surface area contributed by atoms with Crippen LogP contribution in [-0.4, -0.2) is 59.4 Å². The van der Waals surface area contributed by atoms with Gasteiger partial charge in [-0.2, -0.15) is 0 Å². The van der Waals surface area contributed by atoms with E-state index >= 15 is 0 Å². The fourth-order valence-electron chi connectivity index (χ4n) is 1.89. The van der Waals surface area contributed by atoms with Crippen molar-refractivity contribution in [1.82, 2.24) is 4.90 Å². The number of nitrogens with two attached hydrogens (primary N) is 1. The van der Waals surface area contributed by atoms with Crippen molar-refractivity contribution < 1.29 is 29.0 Å². The molecule has 1 aliphatic heterocycles. The third-order valence-electron chi connectivity index (χ3n) is 2.65. The first-order valence-electron chi connectivity index (χ1n) is 7.01. The molecule has 0 aromatic rings. The number of esters is 1. The van der Waals surface area contributed by atoms with E-state index in [0.29, 0.717) is 19.6 Å². The van der Waals surface area contributed by atoms with Crippen molar-refractivity contribution in [2.75, 3.05) is 19.6 Å². The van der Waals surface area contributed by atoms with E-state index in [1.807, 2.05) is 20.8 Å². The van der Waals surface area contributed by atoms with Crippen molar-refractivity contribution in [2.45, 2.75) is 46.3 Å². The zero-order chi connectivity index (χ0) is 17.5. The maximum absolute atomic E-state index is 11.9. The van der Waals surface area contributed by atoms with Crippen LogP contribution in [0.4, 0.5) is 4.79 Å². The smallest absolute Gasteiger partial charge is 0.410 e. The molecule has 8 heteroatoms. The summed E-state index contributed by atoms with van der Waals surface area (Å²) < 4.78 is 10.4. The molecule has 22 heavy (non-hydrogen) atoms. The Morgan fingerprint density at radius 3 is 2.09 bits per heavy atom. The summed E-state index contributed by atoms with van der Waals surface area (Å²) in [5.41, 5.74) is 5.09. The number of nitrogens with zero attached hydrogens (tertiary/aromatic N) is 1. The molecule has 1 heterocycles. The standard InChI is InChI=1S/C12H22N2O4.C2H4O2/c1-8(15)17-10-7-14(6-9(10)5-13)11(16)18-12(2,3)4;1-2(3)4/h9-10H,5-7,13H2,1-4H3;1H3,(H,3,4)/t9-,10-;/m1./s1. The third-order valence-corrected chi connectivity index (χ3v) is 2.65. The number of hydrogen-bond donors (Lipinski definition) is 2. The first kappa shape index (κ1) is 20.2. The Hall–Kier alpha value is -1.83. The number of aliphatic carboxylic acids is 1. The summed E-state index contributed by atoms with van der Waals surface area (Å²) in [5, 5.41) is 7.42. The average molecular weight is 318 g/mol. The highest BCUT2D eigenvalue weighted by atomic mass is 16.6. The van der Waals surface area contributed by atoms with Gasteiger partial charge in [0.1, 0.15) is 11.7 Å². The van der Waals surface area contributed by atoms with E-state index in [4.69, 9.17) is 25.1 Å². The molecule has 0 radical (unpaired) electrons. The van der Waals surface area contributed by atoms with E-state index in [1.54, 1.807) is 0 Å². The number of carboxylic acid groups (broad SMARTS) is 1. The fraction of sp³-hybridized carbons (Fsp3) is 0.786. The molecule has 0 unspecified atom stereocenters. The summed E-state index contributed by atoms with van der Waals surface area (Å²) in [6.45, 7) is 9.04. The van der Waals surface area contributed by atoms with Crippen LogP contribution in [0, 0.1) is 5.92 Å².